The fraction of sp³-hybridized carbons (Fsp3) is 0.438. The molecule has 1 aliphatic rings. The molecule has 1 saturated heterocycles. The quantitative estimate of drug-likeness (QED) is 0.934. The van der Waals surface area contributed by atoms with Gasteiger partial charge in [0.1, 0.15) is 18.7 Å². The number of alkyl halides is 3. The second-order valence-corrected chi connectivity index (χ2v) is 5.81. The van der Waals surface area contributed by atoms with Crippen LogP contribution in [0.5, 0.6) is 0 Å². The van der Waals surface area contributed by atoms with Gasteiger partial charge in [0.2, 0.25) is 5.91 Å². The molecular formula is C16H17F3N4O. The SMILES string of the molecule is O=C(NCC(F)(F)F)C1CCN(c2ncnc3ccccc23)CC1. The van der Waals surface area contributed by atoms with Crippen molar-refractivity contribution in [1.82, 2.24) is 15.3 Å². The highest BCUT2D eigenvalue weighted by Gasteiger charge is 2.31. The average Bonchev–Trinajstić information content (AvgIpc) is 2.59. The minimum absolute atomic E-state index is 0.392. The third-order valence-corrected chi connectivity index (χ3v) is 4.15. The van der Waals surface area contributed by atoms with Crippen LogP contribution in [0.15, 0.2) is 30.6 Å². The summed E-state index contributed by atoms with van der Waals surface area (Å²) in [5.74, 6) is -0.119. The van der Waals surface area contributed by atoms with E-state index in [0.717, 1.165) is 16.7 Å². The molecule has 0 saturated carbocycles. The van der Waals surface area contributed by atoms with Crippen LogP contribution in [0.25, 0.3) is 10.9 Å². The van der Waals surface area contributed by atoms with E-state index in [4.69, 9.17) is 0 Å². The molecule has 2 aromatic rings. The van der Waals surface area contributed by atoms with Gasteiger partial charge in [-0.2, -0.15) is 13.2 Å². The van der Waals surface area contributed by atoms with Crippen LogP contribution in [0.4, 0.5) is 19.0 Å². The maximum absolute atomic E-state index is 12.2. The number of halogens is 3. The van der Waals surface area contributed by atoms with Gasteiger partial charge in [0.15, 0.2) is 0 Å². The van der Waals surface area contributed by atoms with Gasteiger partial charge in [0.05, 0.1) is 5.52 Å². The minimum atomic E-state index is -4.38. The van der Waals surface area contributed by atoms with E-state index in [1.165, 1.54) is 6.33 Å². The molecule has 1 aliphatic heterocycles. The molecule has 1 aromatic heterocycles. The van der Waals surface area contributed by atoms with E-state index in [1.54, 1.807) is 0 Å². The third-order valence-electron chi connectivity index (χ3n) is 4.15. The normalized spacial score (nSPS) is 16.4. The number of nitrogens with zero attached hydrogens (tertiary/aromatic N) is 3. The Morgan fingerprint density at radius 3 is 2.62 bits per heavy atom. The molecule has 0 atom stereocenters. The second kappa shape index (κ2) is 6.62. The van der Waals surface area contributed by atoms with Gasteiger partial charge in [-0.1, -0.05) is 12.1 Å². The van der Waals surface area contributed by atoms with Gasteiger partial charge in [-0.3, -0.25) is 4.79 Å². The number of amides is 1. The zero-order valence-corrected chi connectivity index (χ0v) is 12.9. The van der Waals surface area contributed by atoms with Gasteiger partial charge in [-0.05, 0) is 25.0 Å². The van der Waals surface area contributed by atoms with Crippen molar-refractivity contribution in [3.8, 4) is 0 Å². The Balaban J connectivity index is 1.63. The molecule has 3 rings (SSSR count). The first-order valence-electron chi connectivity index (χ1n) is 7.73. The molecule has 0 bridgehead atoms. The number of piperidine rings is 1. The average molecular weight is 338 g/mol. The lowest BCUT2D eigenvalue weighted by molar-refractivity contribution is -0.141. The summed E-state index contributed by atoms with van der Waals surface area (Å²) in [7, 11) is 0. The van der Waals surface area contributed by atoms with Crippen LogP contribution in [0.3, 0.4) is 0 Å². The number of nitrogens with one attached hydrogen (secondary N) is 1. The smallest absolute Gasteiger partial charge is 0.356 e. The molecule has 2 heterocycles. The second-order valence-electron chi connectivity index (χ2n) is 5.81. The van der Waals surface area contributed by atoms with Crippen molar-refractivity contribution in [3.63, 3.8) is 0 Å². The standard InChI is InChI=1S/C16H17F3N4O/c17-16(18,19)9-20-15(24)11-5-7-23(8-6-11)14-12-3-1-2-4-13(12)21-10-22-14/h1-4,10-11H,5-9H2,(H,20,24). The van der Waals surface area contributed by atoms with Crippen LogP contribution in [0.2, 0.25) is 0 Å². The van der Waals surface area contributed by atoms with Gasteiger partial charge in [-0.25, -0.2) is 9.97 Å². The lowest BCUT2D eigenvalue weighted by Gasteiger charge is -2.32. The number of hydrogen-bond acceptors (Lipinski definition) is 4. The third kappa shape index (κ3) is 3.74. The van der Waals surface area contributed by atoms with Gasteiger partial charge in [0.25, 0.3) is 0 Å². The Kier molecular flexibility index (Phi) is 4.55. The first-order chi connectivity index (χ1) is 11.4. The Morgan fingerprint density at radius 1 is 1.21 bits per heavy atom. The fourth-order valence-corrected chi connectivity index (χ4v) is 2.93. The number of hydrogen-bond donors (Lipinski definition) is 1. The van der Waals surface area contributed by atoms with Crippen molar-refractivity contribution in [2.24, 2.45) is 5.92 Å². The highest BCUT2D eigenvalue weighted by Crippen LogP contribution is 2.27. The molecule has 1 fully saturated rings. The summed E-state index contributed by atoms with van der Waals surface area (Å²) < 4.78 is 36.5. The zero-order valence-electron chi connectivity index (χ0n) is 12.9. The van der Waals surface area contributed by atoms with Crippen molar-refractivity contribution in [1.29, 1.82) is 0 Å². The number of fused-ring (bicyclic) bond motifs is 1. The summed E-state index contributed by atoms with van der Waals surface area (Å²) in [5.41, 5.74) is 0.840. The molecule has 5 nitrogen and oxygen atoms in total. The number of benzene rings is 1. The highest BCUT2D eigenvalue weighted by molar-refractivity contribution is 5.89. The summed E-state index contributed by atoms with van der Waals surface area (Å²) in [4.78, 5) is 22.5. The molecule has 0 spiro atoms. The monoisotopic (exact) mass is 338 g/mol. The van der Waals surface area contributed by atoms with Gasteiger partial charge in [0, 0.05) is 24.4 Å². The Hall–Kier alpha value is -2.38. The number of carbonyl (C=O) groups excluding carboxylic acids is 1. The van der Waals surface area contributed by atoms with Gasteiger partial charge in [-0.15, -0.1) is 0 Å². The van der Waals surface area contributed by atoms with Crippen LogP contribution in [0.1, 0.15) is 12.8 Å². The molecular weight excluding hydrogens is 321 g/mol. The van der Waals surface area contributed by atoms with Crippen molar-refractivity contribution < 1.29 is 18.0 Å². The zero-order chi connectivity index (χ0) is 17.2. The molecule has 0 unspecified atom stereocenters. The molecule has 1 N–H and O–H groups in total. The van der Waals surface area contributed by atoms with Crippen LogP contribution < -0.4 is 10.2 Å². The predicted octanol–water partition coefficient (Wildman–Crippen LogP) is 2.52. The van der Waals surface area contributed by atoms with Crippen molar-refractivity contribution in [3.05, 3.63) is 30.6 Å². The number of anilines is 1. The molecule has 0 aliphatic carbocycles. The summed E-state index contributed by atoms with van der Waals surface area (Å²) in [6.07, 6.45) is -1.87. The molecule has 0 radical (unpaired) electrons. The van der Waals surface area contributed by atoms with E-state index in [0.29, 0.717) is 25.9 Å². The topological polar surface area (TPSA) is 58.1 Å². The fourth-order valence-electron chi connectivity index (χ4n) is 2.93. The number of aromatic nitrogens is 2. The van der Waals surface area contributed by atoms with E-state index >= 15 is 0 Å². The van der Waals surface area contributed by atoms with Crippen LogP contribution in [0, 0.1) is 5.92 Å². The van der Waals surface area contributed by atoms with Crippen molar-refractivity contribution in [2.75, 3.05) is 24.5 Å². The first kappa shape index (κ1) is 16.5. The Morgan fingerprint density at radius 2 is 1.92 bits per heavy atom. The number of para-hydroxylation sites is 1. The van der Waals surface area contributed by atoms with E-state index < -0.39 is 24.5 Å². The van der Waals surface area contributed by atoms with Gasteiger partial charge >= 0.3 is 6.18 Å². The molecule has 24 heavy (non-hydrogen) atoms. The molecule has 8 heteroatoms. The van der Waals surface area contributed by atoms with E-state index in [9.17, 15) is 18.0 Å². The van der Waals surface area contributed by atoms with Crippen molar-refractivity contribution >= 4 is 22.6 Å². The van der Waals surface area contributed by atoms with Gasteiger partial charge < -0.3 is 10.2 Å². The van der Waals surface area contributed by atoms with E-state index in [1.807, 2.05) is 29.6 Å². The lowest BCUT2D eigenvalue weighted by Crippen LogP contribution is -2.43. The summed E-state index contributed by atoms with van der Waals surface area (Å²) in [6.45, 7) is -0.126. The van der Waals surface area contributed by atoms with E-state index in [2.05, 4.69) is 14.9 Å². The van der Waals surface area contributed by atoms with Crippen molar-refractivity contribution in [2.45, 2.75) is 19.0 Å². The predicted molar refractivity (Wildman–Crippen MR) is 83.5 cm³/mol. The number of rotatable bonds is 3. The maximum Gasteiger partial charge on any atom is 0.405 e. The maximum atomic E-state index is 12.2. The molecule has 1 aromatic carbocycles. The molecule has 128 valence electrons. The largest absolute Gasteiger partial charge is 0.405 e. The van der Waals surface area contributed by atoms with E-state index in [-0.39, 0.29) is 0 Å². The van der Waals surface area contributed by atoms with Crippen LogP contribution in [-0.2, 0) is 4.79 Å². The summed E-state index contributed by atoms with van der Waals surface area (Å²) >= 11 is 0. The summed E-state index contributed by atoms with van der Waals surface area (Å²) in [5, 5.41) is 2.90. The van der Waals surface area contributed by atoms with Crippen LogP contribution in [-0.4, -0.2) is 41.7 Å². The minimum Gasteiger partial charge on any atom is -0.356 e. The van der Waals surface area contributed by atoms with Crippen LogP contribution >= 0.6 is 0 Å². The highest BCUT2D eigenvalue weighted by atomic mass is 19.4. The summed E-state index contributed by atoms with van der Waals surface area (Å²) in [6, 6.07) is 7.65. The molecule has 1 amide bonds. The Labute approximate surface area is 136 Å². The Bertz CT molecular complexity index is 721. The number of carbonyl (C=O) groups is 1. The lowest BCUT2D eigenvalue weighted by atomic mass is 9.95. The first-order valence-corrected chi connectivity index (χ1v) is 7.73.